The van der Waals surface area contributed by atoms with Crippen LogP contribution in [-0.4, -0.2) is 35.3 Å². The third kappa shape index (κ3) is 7.59. The summed E-state index contributed by atoms with van der Waals surface area (Å²) >= 11 is 5.57. The van der Waals surface area contributed by atoms with Gasteiger partial charge in [-0.1, -0.05) is 29.5 Å². The molecule has 1 atom stereocenters. The summed E-state index contributed by atoms with van der Waals surface area (Å²) in [6.07, 6.45) is 1.71. The number of hydrogen-bond donors (Lipinski definition) is 0. The lowest BCUT2D eigenvalue weighted by Crippen LogP contribution is -2.40. The SMILES string of the molecule is CCOC(=O)C1=C(C)N=c2s/c(=C\c3cc(I)c(OCc4cccc([N+](=O)[O-])c4)c(I)c3)c(=O)n2[C@@H]1c1ccc(OC(C)C)c(OC)c1. The van der Waals surface area contributed by atoms with Crippen LogP contribution in [0.1, 0.15) is 50.4 Å². The summed E-state index contributed by atoms with van der Waals surface area (Å²) in [5.74, 6) is 1.10. The molecule has 0 aliphatic carbocycles. The average Bonchev–Trinajstić information content (AvgIpc) is 3.33. The molecule has 48 heavy (non-hydrogen) atoms. The topological polar surface area (TPSA) is 131 Å². The summed E-state index contributed by atoms with van der Waals surface area (Å²) in [5.41, 5.74) is 2.50. The molecule has 4 aromatic rings. The average molecular weight is 896 g/mol. The predicted molar refractivity (Wildman–Crippen MR) is 198 cm³/mol. The zero-order chi connectivity index (χ0) is 34.7. The van der Waals surface area contributed by atoms with E-state index in [-0.39, 0.29) is 36.1 Å². The van der Waals surface area contributed by atoms with Crippen LogP contribution in [0.3, 0.4) is 0 Å². The van der Waals surface area contributed by atoms with Crippen LogP contribution in [0.5, 0.6) is 17.2 Å². The Balaban J connectivity index is 1.55. The van der Waals surface area contributed by atoms with E-state index < -0.39 is 16.9 Å². The summed E-state index contributed by atoms with van der Waals surface area (Å²) < 4.78 is 26.6. The van der Waals surface area contributed by atoms with Crippen molar-refractivity contribution in [1.29, 1.82) is 0 Å². The lowest BCUT2D eigenvalue weighted by Gasteiger charge is -2.25. The maximum atomic E-state index is 14.1. The van der Waals surface area contributed by atoms with E-state index in [0.717, 1.165) is 12.7 Å². The molecule has 3 aromatic carbocycles. The van der Waals surface area contributed by atoms with Crippen LogP contribution in [-0.2, 0) is 16.1 Å². The van der Waals surface area contributed by atoms with Crippen molar-refractivity contribution in [2.45, 2.75) is 46.4 Å². The Hall–Kier alpha value is -3.77. The van der Waals surface area contributed by atoms with Crippen molar-refractivity contribution < 1.29 is 28.7 Å². The van der Waals surface area contributed by atoms with E-state index in [9.17, 15) is 19.7 Å². The van der Waals surface area contributed by atoms with Crippen molar-refractivity contribution in [1.82, 2.24) is 4.57 Å². The van der Waals surface area contributed by atoms with Gasteiger partial charge < -0.3 is 18.9 Å². The first-order valence-corrected chi connectivity index (χ1v) is 17.8. The van der Waals surface area contributed by atoms with Crippen molar-refractivity contribution in [3.05, 3.63) is 120 Å². The van der Waals surface area contributed by atoms with E-state index in [1.54, 1.807) is 44.2 Å². The number of non-ortho nitro benzene ring substituents is 1. The molecule has 14 heteroatoms. The molecule has 0 saturated heterocycles. The van der Waals surface area contributed by atoms with Crippen molar-refractivity contribution in [3.63, 3.8) is 0 Å². The molecule has 250 valence electrons. The first-order chi connectivity index (χ1) is 22.9. The fourth-order valence-corrected chi connectivity index (χ4v) is 8.35. The van der Waals surface area contributed by atoms with Gasteiger partial charge in [0.25, 0.3) is 11.2 Å². The standard InChI is InChI=1S/C34H31I2N3O8S/c1-6-45-33(41)29-19(4)37-34-38(30(29)22-10-11-26(47-18(2)3)27(16-22)44-5)32(40)28(48-34)15-21-13-24(35)31(25(36)14-21)46-17-20-8-7-9-23(12-20)39(42)43/h7-16,18,30H,6,17H2,1-5H3/b28-15-/t30-/m1/s1. The number of thiazole rings is 1. The van der Waals surface area contributed by atoms with Gasteiger partial charge in [-0.3, -0.25) is 19.5 Å². The molecule has 1 aromatic heterocycles. The molecule has 1 aliphatic heterocycles. The summed E-state index contributed by atoms with van der Waals surface area (Å²) in [6, 6.07) is 14.7. The number of halogens is 2. The Morgan fingerprint density at radius 3 is 2.50 bits per heavy atom. The second kappa shape index (κ2) is 15.2. The van der Waals surface area contributed by atoms with E-state index >= 15 is 0 Å². The smallest absolute Gasteiger partial charge is 0.338 e. The fraction of sp³-hybridized carbons (Fsp3) is 0.265. The highest BCUT2D eigenvalue weighted by molar-refractivity contribution is 14.1. The van der Waals surface area contributed by atoms with Crippen LogP contribution < -0.4 is 29.1 Å². The molecule has 2 heterocycles. The molecule has 0 radical (unpaired) electrons. The maximum absolute atomic E-state index is 14.1. The highest BCUT2D eigenvalue weighted by Gasteiger charge is 2.34. The molecule has 0 fully saturated rings. The molecule has 0 bridgehead atoms. The van der Waals surface area contributed by atoms with Gasteiger partial charge >= 0.3 is 5.97 Å². The minimum absolute atomic E-state index is 0.000382. The number of esters is 1. The molecule has 0 spiro atoms. The van der Waals surface area contributed by atoms with Crippen molar-refractivity contribution in [2.24, 2.45) is 4.99 Å². The molecule has 11 nitrogen and oxygen atoms in total. The van der Waals surface area contributed by atoms with Gasteiger partial charge in [0, 0.05) is 12.1 Å². The molecule has 1 aliphatic rings. The number of carbonyl (C=O) groups is 1. The number of aromatic nitrogens is 1. The molecule has 0 amide bonds. The summed E-state index contributed by atoms with van der Waals surface area (Å²) in [4.78, 5) is 43.3. The van der Waals surface area contributed by atoms with E-state index in [1.807, 2.05) is 32.0 Å². The van der Waals surface area contributed by atoms with Gasteiger partial charge in [-0.05, 0) is 120 Å². The van der Waals surface area contributed by atoms with Crippen molar-refractivity contribution >= 4 is 74.3 Å². The van der Waals surface area contributed by atoms with Crippen LogP contribution in [0.25, 0.3) is 6.08 Å². The van der Waals surface area contributed by atoms with E-state index in [0.29, 0.717) is 43.4 Å². The minimum atomic E-state index is -0.811. The van der Waals surface area contributed by atoms with E-state index in [1.165, 1.54) is 35.1 Å². The van der Waals surface area contributed by atoms with Crippen LogP contribution in [0.15, 0.2) is 75.7 Å². The van der Waals surface area contributed by atoms with Crippen LogP contribution in [0, 0.1) is 17.3 Å². The van der Waals surface area contributed by atoms with E-state index in [4.69, 9.17) is 18.9 Å². The maximum Gasteiger partial charge on any atom is 0.338 e. The lowest BCUT2D eigenvalue weighted by atomic mass is 9.95. The third-order valence-corrected chi connectivity index (χ3v) is 9.79. The summed E-state index contributed by atoms with van der Waals surface area (Å²) in [5, 5.41) is 11.2. The molecular formula is C34H31I2N3O8S. The number of hydrogen-bond acceptors (Lipinski definition) is 10. The highest BCUT2D eigenvalue weighted by atomic mass is 127. The third-order valence-electron chi connectivity index (χ3n) is 7.21. The fourth-order valence-electron chi connectivity index (χ4n) is 5.18. The van der Waals surface area contributed by atoms with Gasteiger partial charge in [0.05, 0.1) is 53.7 Å². The Kier molecular flexibility index (Phi) is 11.2. The molecule has 0 unspecified atom stereocenters. The van der Waals surface area contributed by atoms with Gasteiger partial charge in [-0.2, -0.15) is 0 Å². The Morgan fingerprint density at radius 2 is 1.85 bits per heavy atom. The predicted octanol–water partition coefficient (Wildman–Crippen LogP) is 6.29. The normalized spacial score (nSPS) is 14.4. The minimum Gasteiger partial charge on any atom is -0.493 e. The van der Waals surface area contributed by atoms with Crippen LogP contribution >= 0.6 is 56.5 Å². The first kappa shape index (κ1) is 35.5. The van der Waals surface area contributed by atoms with Gasteiger partial charge in [-0.25, -0.2) is 9.79 Å². The molecular weight excluding hydrogens is 864 g/mol. The van der Waals surface area contributed by atoms with E-state index in [2.05, 4.69) is 50.2 Å². The molecule has 0 saturated carbocycles. The van der Waals surface area contributed by atoms with Crippen molar-refractivity contribution in [2.75, 3.05) is 13.7 Å². The van der Waals surface area contributed by atoms with Crippen LogP contribution in [0.4, 0.5) is 5.69 Å². The quantitative estimate of drug-likeness (QED) is 0.0744. The van der Waals surface area contributed by atoms with Crippen LogP contribution in [0.2, 0.25) is 0 Å². The number of allylic oxidation sites excluding steroid dienone is 1. The van der Waals surface area contributed by atoms with Gasteiger partial charge in [0.1, 0.15) is 12.4 Å². The van der Waals surface area contributed by atoms with Gasteiger partial charge in [-0.15, -0.1) is 0 Å². The lowest BCUT2D eigenvalue weighted by molar-refractivity contribution is -0.384. The first-order valence-electron chi connectivity index (χ1n) is 14.8. The largest absolute Gasteiger partial charge is 0.493 e. The summed E-state index contributed by atoms with van der Waals surface area (Å²) in [7, 11) is 1.54. The van der Waals surface area contributed by atoms with Gasteiger partial charge in [0.15, 0.2) is 16.3 Å². The monoisotopic (exact) mass is 895 g/mol. The second-order valence-electron chi connectivity index (χ2n) is 10.9. The second-order valence-corrected chi connectivity index (χ2v) is 14.2. The zero-order valence-corrected chi connectivity index (χ0v) is 31.7. The molecule has 0 N–H and O–H groups in total. The number of ether oxygens (including phenoxy) is 4. The number of nitro groups is 1. The number of nitro benzene ring substituents is 1. The number of fused-ring (bicyclic) bond motifs is 1. The Labute approximate surface area is 307 Å². The van der Waals surface area contributed by atoms with Crippen molar-refractivity contribution in [3.8, 4) is 17.2 Å². The number of carbonyl (C=O) groups excluding carboxylic acids is 1. The molecule has 5 rings (SSSR count). The Morgan fingerprint density at radius 1 is 1.12 bits per heavy atom. The van der Waals surface area contributed by atoms with Gasteiger partial charge in [0.2, 0.25) is 0 Å². The Bertz CT molecular complexity index is 2100. The summed E-state index contributed by atoms with van der Waals surface area (Å²) in [6.45, 7) is 7.62. The zero-order valence-electron chi connectivity index (χ0n) is 26.6. The highest BCUT2D eigenvalue weighted by Crippen LogP contribution is 2.37. The number of nitrogens with zero attached hydrogens (tertiary/aromatic N) is 3. The number of rotatable bonds is 11. The number of methoxy groups -OCH3 is 1. The number of benzene rings is 3.